The number of carbonyl (C=O) groups excluding carboxylic acids is 2. The number of piperazine rings is 1. The van der Waals surface area contributed by atoms with Gasteiger partial charge in [-0.2, -0.15) is 13.2 Å². The zero-order valence-electron chi connectivity index (χ0n) is 27.6. The van der Waals surface area contributed by atoms with Crippen molar-refractivity contribution in [3.63, 3.8) is 0 Å². The van der Waals surface area contributed by atoms with Crippen molar-refractivity contribution in [2.45, 2.75) is 62.9 Å². The molecule has 0 spiro atoms. The SMILES string of the molecule is Nn1cc(C(=O)Nc2ccc(CC(=O)N3C[C@@H](N4CCN(CC(F)(F)F)CC4)C[C@H]3COC3CCC(C(=O)O)CC3)cc2Cl)c2ccccc21. The molecule has 2 saturated heterocycles. The molecule has 2 amide bonds. The summed E-state index contributed by atoms with van der Waals surface area (Å²) in [6.07, 6.45) is 0.266. The van der Waals surface area contributed by atoms with Gasteiger partial charge in [-0.1, -0.05) is 35.9 Å². The molecule has 4 N–H and O–H groups in total. The number of nitrogens with one attached hydrogen (secondary N) is 1. The molecule has 2 aromatic carbocycles. The summed E-state index contributed by atoms with van der Waals surface area (Å²) >= 11 is 6.59. The smallest absolute Gasteiger partial charge is 0.401 e. The summed E-state index contributed by atoms with van der Waals surface area (Å²) in [4.78, 5) is 43.7. The van der Waals surface area contributed by atoms with Crippen LogP contribution in [0.5, 0.6) is 0 Å². The Bertz CT molecular complexity index is 1700. The molecule has 2 atom stereocenters. The Morgan fingerprint density at radius 2 is 1.74 bits per heavy atom. The fraction of sp³-hybridized carbons (Fsp3) is 0.514. The second-order valence-electron chi connectivity index (χ2n) is 13.6. The maximum Gasteiger partial charge on any atom is 0.401 e. The number of aromatic nitrogens is 1. The van der Waals surface area contributed by atoms with Gasteiger partial charge in [-0.3, -0.25) is 28.9 Å². The molecule has 3 heterocycles. The molecule has 3 aliphatic rings. The molecule has 1 saturated carbocycles. The van der Waals surface area contributed by atoms with Crippen LogP contribution in [0.4, 0.5) is 18.9 Å². The van der Waals surface area contributed by atoms with Gasteiger partial charge in [0.1, 0.15) is 0 Å². The molecule has 270 valence electrons. The number of para-hydroxylation sites is 1. The Hall–Kier alpha value is -3.85. The molecule has 1 aliphatic carbocycles. The van der Waals surface area contributed by atoms with Crippen molar-refractivity contribution in [1.82, 2.24) is 19.4 Å². The van der Waals surface area contributed by atoms with Crippen LogP contribution < -0.4 is 11.2 Å². The van der Waals surface area contributed by atoms with Crippen LogP contribution in [0.1, 0.15) is 48.0 Å². The van der Waals surface area contributed by atoms with E-state index in [0.717, 1.165) is 0 Å². The maximum absolute atomic E-state index is 13.8. The van der Waals surface area contributed by atoms with E-state index in [1.807, 2.05) is 29.2 Å². The number of amides is 2. The van der Waals surface area contributed by atoms with E-state index in [1.54, 1.807) is 24.4 Å². The summed E-state index contributed by atoms with van der Waals surface area (Å²) in [5.41, 5.74) is 2.15. The van der Waals surface area contributed by atoms with Gasteiger partial charge in [0.25, 0.3) is 5.91 Å². The number of halogens is 4. The number of nitrogens with zero attached hydrogens (tertiary/aromatic N) is 4. The number of nitrogens with two attached hydrogens (primary N) is 1. The minimum absolute atomic E-state index is 0.0241. The molecule has 0 bridgehead atoms. The van der Waals surface area contributed by atoms with Crippen LogP contribution in [-0.4, -0.2) is 113 Å². The summed E-state index contributed by atoms with van der Waals surface area (Å²) in [6.45, 7) is 1.34. The lowest BCUT2D eigenvalue weighted by Gasteiger charge is -2.38. The van der Waals surface area contributed by atoms with Gasteiger partial charge in [-0.25, -0.2) is 0 Å². The molecule has 15 heteroatoms. The maximum atomic E-state index is 13.8. The van der Waals surface area contributed by atoms with E-state index in [9.17, 15) is 32.7 Å². The minimum atomic E-state index is -4.25. The van der Waals surface area contributed by atoms with E-state index >= 15 is 0 Å². The molecule has 11 nitrogen and oxygen atoms in total. The Balaban J connectivity index is 1.10. The fourth-order valence-electron chi connectivity index (χ4n) is 7.51. The van der Waals surface area contributed by atoms with E-state index in [1.165, 1.54) is 9.58 Å². The van der Waals surface area contributed by atoms with Crippen molar-refractivity contribution in [2.75, 3.05) is 57.0 Å². The number of benzene rings is 2. The topological polar surface area (TPSA) is 133 Å². The van der Waals surface area contributed by atoms with Gasteiger partial charge in [0.15, 0.2) is 0 Å². The molecule has 2 aliphatic heterocycles. The zero-order chi connectivity index (χ0) is 35.6. The fourth-order valence-corrected chi connectivity index (χ4v) is 7.76. The Morgan fingerprint density at radius 3 is 2.42 bits per heavy atom. The van der Waals surface area contributed by atoms with Crippen LogP contribution in [0.15, 0.2) is 48.7 Å². The second-order valence-corrected chi connectivity index (χ2v) is 14.0. The number of carboxylic acid groups (broad SMARTS) is 1. The van der Waals surface area contributed by atoms with Crippen LogP contribution in [0.2, 0.25) is 5.02 Å². The van der Waals surface area contributed by atoms with Crippen LogP contribution in [0, 0.1) is 5.92 Å². The van der Waals surface area contributed by atoms with Gasteiger partial charge < -0.3 is 25.9 Å². The summed E-state index contributed by atoms with van der Waals surface area (Å²) in [6, 6.07) is 12.1. The van der Waals surface area contributed by atoms with E-state index in [2.05, 4.69) is 10.2 Å². The largest absolute Gasteiger partial charge is 0.481 e. The van der Waals surface area contributed by atoms with Crippen molar-refractivity contribution >= 4 is 46.0 Å². The number of likely N-dealkylation sites (tertiary alicyclic amines) is 1. The molecule has 1 aromatic heterocycles. The summed E-state index contributed by atoms with van der Waals surface area (Å²) in [7, 11) is 0. The number of aliphatic carboxylic acids is 1. The first-order chi connectivity index (χ1) is 23.8. The third-order valence-corrected chi connectivity index (χ3v) is 10.5. The molecular weight excluding hydrogens is 677 g/mol. The van der Waals surface area contributed by atoms with Crippen LogP contribution >= 0.6 is 11.6 Å². The molecule has 0 unspecified atom stereocenters. The van der Waals surface area contributed by atoms with Crippen molar-refractivity contribution in [3.8, 4) is 0 Å². The number of hydrogen-bond acceptors (Lipinski definition) is 7. The average Bonchev–Trinajstić information content (AvgIpc) is 3.66. The molecule has 0 radical (unpaired) electrons. The highest BCUT2D eigenvalue weighted by molar-refractivity contribution is 6.34. The number of carbonyl (C=O) groups is 3. The van der Waals surface area contributed by atoms with E-state index in [0.29, 0.717) is 99.2 Å². The van der Waals surface area contributed by atoms with Gasteiger partial charge in [-0.05, 0) is 55.9 Å². The number of hydrogen-bond donors (Lipinski definition) is 3. The number of rotatable bonds is 10. The van der Waals surface area contributed by atoms with Crippen molar-refractivity contribution < 1.29 is 37.4 Å². The van der Waals surface area contributed by atoms with Crippen LogP contribution in [0.3, 0.4) is 0 Å². The highest BCUT2D eigenvalue weighted by Gasteiger charge is 2.40. The molecule has 50 heavy (non-hydrogen) atoms. The van der Waals surface area contributed by atoms with E-state index in [-0.39, 0.29) is 47.4 Å². The predicted octanol–water partition coefficient (Wildman–Crippen LogP) is 4.61. The third kappa shape index (κ3) is 8.53. The first-order valence-corrected chi connectivity index (χ1v) is 17.3. The molecule has 3 aromatic rings. The first-order valence-electron chi connectivity index (χ1n) is 17.0. The number of fused-ring (bicyclic) bond motifs is 1. The quantitative estimate of drug-likeness (QED) is 0.259. The standard InChI is InChI=1S/C35H42ClF3N6O5/c36-29-15-22(5-10-30(29)41-33(47)28-19-45(40)31-4-2-1-3-27(28)31)16-32(46)44-18-24(43-13-11-42(12-14-43)21-35(37,38)39)17-25(44)20-50-26-8-6-23(7-9-26)34(48)49/h1-5,10,15,19,23-26H,6-9,11-14,16-18,20-21,40H2,(H,41,47)(H,48,49)/t23?,24-,25-,26?/m0/s1. The van der Waals surface area contributed by atoms with Gasteiger partial charge in [0, 0.05) is 50.3 Å². The lowest BCUT2D eigenvalue weighted by Crippen LogP contribution is -2.52. The van der Waals surface area contributed by atoms with Crippen molar-refractivity contribution in [2.24, 2.45) is 5.92 Å². The van der Waals surface area contributed by atoms with Gasteiger partial charge >= 0.3 is 12.1 Å². The monoisotopic (exact) mass is 718 g/mol. The Morgan fingerprint density at radius 1 is 1.02 bits per heavy atom. The Labute approximate surface area is 293 Å². The van der Waals surface area contributed by atoms with E-state index < -0.39 is 18.7 Å². The van der Waals surface area contributed by atoms with E-state index in [4.69, 9.17) is 22.2 Å². The number of alkyl halides is 3. The average molecular weight is 719 g/mol. The van der Waals surface area contributed by atoms with Gasteiger partial charge in [-0.15, -0.1) is 0 Å². The molecule has 6 rings (SSSR count). The lowest BCUT2D eigenvalue weighted by molar-refractivity contribution is -0.150. The number of nitrogen functional groups attached to an aromatic ring is 1. The predicted molar refractivity (Wildman–Crippen MR) is 183 cm³/mol. The van der Waals surface area contributed by atoms with Crippen LogP contribution in [-0.2, 0) is 20.7 Å². The number of ether oxygens (including phenoxy) is 1. The second kappa shape index (κ2) is 15.2. The molecule has 3 fully saturated rings. The van der Waals surface area contributed by atoms with Crippen LogP contribution in [0.25, 0.3) is 10.9 Å². The van der Waals surface area contributed by atoms with Gasteiger partial charge in [0.05, 0.1) is 59.4 Å². The van der Waals surface area contributed by atoms with Crippen molar-refractivity contribution in [3.05, 3.63) is 64.8 Å². The minimum Gasteiger partial charge on any atom is -0.481 e. The number of anilines is 1. The highest BCUT2D eigenvalue weighted by Crippen LogP contribution is 2.31. The Kier molecular flexibility index (Phi) is 10.9. The normalized spacial score (nSPS) is 23.7. The lowest BCUT2D eigenvalue weighted by atomic mass is 9.87. The van der Waals surface area contributed by atoms with Gasteiger partial charge in [0.2, 0.25) is 5.91 Å². The summed E-state index contributed by atoms with van der Waals surface area (Å²) in [5.74, 6) is 4.36. The third-order valence-electron chi connectivity index (χ3n) is 10.2. The number of carboxylic acids is 1. The summed E-state index contributed by atoms with van der Waals surface area (Å²) < 4.78 is 46.5. The van der Waals surface area contributed by atoms with Crippen molar-refractivity contribution in [1.29, 1.82) is 0 Å². The first kappa shape index (κ1) is 36.0. The molecular formula is C35H42ClF3N6O5. The zero-order valence-corrected chi connectivity index (χ0v) is 28.3. The summed E-state index contributed by atoms with van der Waals surface area (Å²) in [5, 5.41) is 13.1. The highest BCUT2D eigenvalue weighted by atomic mass is 35.5.